The van der Waals surface area contributed by atoms with Gasteiger partial charge in [-0.3, -0.25) is 4.79 Å². The number of rotatable bonds is 4. The molecule has 11 heteroatoms. The van der Waals surface area contributed by atoms with Gasteiger partial charge in [0.25, 0.3) is 0 Å². The van der Waals surface area contributed by atoms with Gasteiger partial charge in [0.15, 0.2) is 0 Å². The van der Waals surface area contributed by atoms with Crippen LogP contribution in [0.2, 0.25) is 0 Å². The lowest BCUT2D eigenvalue weighted by Crippen LogP contribution is -2.11. The van der Waals surface area contributed by atoms with Crippen LogP contribution >= 0.6 is 11.8 Å². The lowest BCUT2D eigenvalue weighted by atomic mass is 10.3. The number of hydrogen-bond acceptors (Lipinski definition) is 6. The molecule has 0 amide bonds. The first kappa shape index (κ1) is 14.2. The Hall–Kier alpha value is -2.17. The lowest BCUT2D eigenvalue weighted by Gasteiger charge is -2.07. The van der Waals surface area contributed by atoms with E-state index in [2.05, 4.69) is 20.5 Å². The summed E-state index contributed by atoms with van der Waals surface area (Å²) < 4.78 is 38.6. The van der Waals surface area contributed by atoms with E-state index >= 15 is 0 Å². The van der Waals surface area contributed by atoms with Gasteiger partial charge >= 0.3 is 12.1 Å². The third-order valence-electron chi connectivity index (χ3n) is 2.04. The normalized spacial score (nSPS) is 11.6. The Labute approximate surface area is 113 Å². The highest BCUT2D eigenvalue weighted by Crippen LogP contribution is 2.32. The molecule has 0 aliphatic carbocycles. The van der Waals surface area contributed by atoms with Gasteiger partial charge in [-0.2, -0.15) is 13.2 Å². The molecule has 0 saturated carbocycles. The van der Waals surface area contributed by atoms with Crippen LogP contribution in [0.25, 0.3) is 0 Å². The van der Waals surface area contributed by atoms with Gasteiger partial charge in [-0.25, -0.2) is 9.67 Å². The molecule has 0 radical (unpaired) electrons. The number of nitrogens with zero attached hydrogens (tertiary/aromatic N) is 5. The maximum atomic E-state index is 12.5. The minimum Gasteiger partial charge on any atom is -0.480 e. The van der Waals surface area contributed by atoms with Crippen molar-refractivity contribution >= 4 is 17.7 Å². The number of aliphatic carboxylic acids is 1. The minimum absolute atomic E-state index is 0.0151. The van der Waals surface area contributed by atoms with E-state index in [1.807, 2.05) is 0 Å². The molecule has 0 aliphatic heterocycles. The fourth-order valence-electron chi connectivity index (χ4n) is 1.23. The van der Waals surface area contributed by atoms with E-state index in [1.165, 1.54) is 0 Å². The van der Waals surface area contributed by atoms with Gasteiger partial charge in [0.1, 0.15) is 11.6 Å². The molecular weight excluding hydrogens is 299 g/mol. The number of hydrogen-bond donors (Lipinski definition) is 1. The van der Waals surface area contributed by atoms with Crippen LogP contribution in [0.15, 0.2) is 28.5 Å². The zero-order chi connectivity index (χ0) is 14.8. The standard InChI is InChI=1S/C9H6F3N5O2S/c10-9(11,12)5-1-2-13-6(3-5)20-8-14-15-16-17(8)4-7(18)19/h1-3H,4H2,(H,18,19). The van der Waals surface area contributed by atoms with Gasteiger partial charge in [0.2, 0.25) is 5.16 Å². The number of carboxylic acids is 1. The zero-order valence-corrected chi connectivity index (χ0v) is 10.4. The van der Waals surface area contributed by atoms with Gasteiger partial charge in [0, 0.05) is 6.20 Å². The van der Waals surface area contributed by atoms with E-state index in [0.717, 1.165) is 34.8 Å². The molecule has 0 saturated heterocycles. The average Bonchev–Trinajstić information content (AvgIpc) is 2.75. The summed E-state index contributed by atoms with van der Waals surface area (Å²) in [6, 6.07) is 1.68. The predicted molar refractivity (Wildman–Crippen MR) is 58.8 cm³/mol. The van der Waals surface area contributed by atoms with Crippen LogP contribution in [0.5, 0.6) is 0 Å². The van der Waals surface area contributed by atoms with Crippen LogP contribution in [0.1, 0.15) is 5.56 Å². The number of carbonyl (C=O) groups is 1. The maximum Gasteiger partial charge on any atom is 0.416 e. The second kappa shape index (κ2) is 5.45. The van der Waals surface area contributed by atoms with Crippen molar-refractivity contribution in [2.75, 3.05) is 0 Å². The summed E-state index contributed by atoms with van der Waals surface area (Å²) in [5, 5.41) is 18.9. The SMILES string of the molecule is O=C(O)Cn1nnnc1Sc1cc(C(F)(F)F)ccn1. The summed E-state index contributed by atoms with van der Waals surface area (Å²) in [6.45, 7) is -0.492. The molecule has 0 bridgehead atoms. The Morgan fingerprint density at radius 3 is 2.85 bits per heavy atom. The molecule has 0 atom stereocenters. The van der Waals surface area contributed by atoms with Crippen molar-refractivity contribution in [2.24, 2.45) is 0 Å². The molecule has 0 unspecified atom stereocenters. The van der Waals surface area contributed by atoms with E-state index in [4.69, 9.17) is 5.11 Å². The van der Waals surface area contributed by atoms with E-state index in [9.17, 15) is 18.0 Å². The van der Waals surface area contributed by atoms with Crippen LogP contribution in [0.3, 0.4) is 0 Å². The van der Waals surface area contributed by atoms with E-state index in [-0.39, 0.29) is 10.2 Å². The Morgan fingerprint density at radius 1 is 1.45 bits per heavy atom. The molecule has 0 aromatic carbocycles. The second-order valence-corrected chi connectivity index (χ2v) is 4.48. The van der Waals surface area contributed by atoms with Crippen molar-refractivity contribution in [3.05, 3.63) is 23.9 Å². The number of halogens is 3. The number of pyridine rings is 1. The molecule has 106 valence electrons. The molecule has 7 nitrogen and oxygen atoms in total. The molecule has 20 heavy (non-hydrogen) atoms. The molecule has 0 aliphatic rings. The van der Waals surface area contributed by atoms with Crippen molar-refractivity contribution < 1.29 is 23.1 Å². The Morgan fingerprint density at radius 2 is 2.20 bits per heavy atom. The molecule has 2 rings (SSSR count). The Balaban J connectivity index is 2.22. The fraction of sp³-hybridized carbons (Fsp3) is 0.222. The fourth-order valence-corrected chi connectivity index (χ4v) is 2.00. The summed E-state index contributed by atoms with van der Waals surface area (Å²) in [7, 11) is 0. The van der Waals surface area contributed by atoms with E-state index < -0.39 is 24.3 Å². The average molecular weight is 305 g/mol. The Bertz CT molecular complexity index is 630. The van der Waals surface area contributed by atoms with Gasteiger partial charge in [-0.05, 0) is 34.3 Å². The van der Waals surface area contributed by atoms with Gasteiger partial charge in [0.05, 0.1) is 5.56 Å². The lowest BCUT2D eigenvalue weighted by molar-refractivity contribution is -0.138. The highest BCUT2D eigenvalue weighted by molar-refractivity contribution is 7.99. The smallest absolute Gasteiger partial charge is 0.416 e. The number of tetrazole rings is 1. The number of aromatic nitrogens is 5. The van der Waals surface area contributed by atoms with Crippen LogP contribution < -0.4 is 0 Å². The quantitative estimate of drug-likeness (QED) is 0.910. The van der Waals surface area contributed by atoms with Crippen molar-refractivity contribution in [2.45, 2.75) is 22.9 Å². The van der Waals surface area contributed by atoms with Gasteiger partial charge < -0.3 is 5.11 Å². The van der Waals surface area contributed by atoms with E-state index in [0.29, 0.717) is 0 Å². The topological polar surface area (TPSA) is 93.8 Å². The molecule has 2 heterocycles. The van der Waals surface area contributed by atoms with Gasteiger partial charge in [-0.1, -0.05) is 0 Å². The van der Waals surface area contributed by atoms with Crippen molar-refractivity contribution in [3.8, 4) is 0 Å². The molecule has 0 spiro atoms. The van der Waals surface area contributed by atoms with Crippen molar-refractivity contribution in [1.29, 1.82) is 0 Å². The summed E-state index contributed by atoms with van der Waals surface area (Å²) in [5.41, 5.74) is -0.854. The third kappa shape index (κ3) is 3.44. The van der Waals surface area contributed by atoms with Crippen LogP contribution in [-0.4, -0.2) is 36.3 Å². The minimum atomic E-state index is -4.48. The van der Waals surface area contributed by atoms with Crippen LogP contribution in [0, 0.1) is 0 Å². The summed E-state index contributed by atoms with van der Waals surface area (Å²) in [4.78, 5) is 14.3. The second-order valence-electron chi connectivity index (χ2n) is 3.50. The molecule has 1 N–H and O–H groups in total. The first-order valence-corrected chi connectivity index (χ1v) is 5.87. The predicted octanol–water partition coefficient (Wildman–Crippen LogP) is 1.32. The molecular formula is C9H6F3N5O2S. The van der Waals surface area contributed by atoms with E-state index in [1.54, 1.807) is 0 Å². The Kier molecular flexibility index (Phi) is 3.88. The van der Waals surface area contributed by atoms with Crippen LogP contribution in [-0.2, 0) is 17.5 Å². The largest absolute Gasteiger partial charge is 0.480 e. The third-order valence-corrected chi connectivity index (χ3v) is 2.95. The molecule has 2 aromatic heterocycles. The molecule has 2 aromatic rings. The number of alkyl halides is 3. The van der Waals surface area contributed by atoms with Crippen LogP contribution in [0.4, 0.5) is 13.2 Å². The first-order chi connectivity index (χ1) is 9.36. The highest BCUT2D eigenvalue weighted by Gasteiger charge is 2.30. The first-order valence-electron chi connectivity index (χ1n) is 5.05. The maximum absolute atomic E-state index is 12.5. The summed E-state index contributed by atoms with van der Waals surface area (Å²) >= 11 is 0.746. The number of carboxylic acid groups (broad SMARTS) is 1. The summed E-state index contributed by atoms with van der Waals surface area (Å²) in [5.74, 6) is -1.17. The molecule has 0 fully saturated rings. The zero-order valence-electron chi connectivity index (χ0n) is 9.57. The monoisotopic (exact) mass is 305 g/mol. The van der Waals surface area contributed by atoms with Crippen molar-refractivity contribution in [3.63, 3.8) is 0 Å². The van der Waals surface area contributed by atoms with Crippen molar-refractivity contribution in [1.82, 2.24) is 25.2 Å². The summed E-state index contributed by atoms with van der Waals surface area (Å²) in [6.07, 6.45) is -3.47. The van der Waals surface area contributed by atoms with Gasteiger partial charge in [-0.15, -0.1) is 5.10 Å². The highest BCUT2D eigenvalue weighted by atomic mass is 32.2.